The Morgan fingerprint density at radius 3 is 1.08 bits per heavy atom. The van der Waals surface area contributed by atoms with Crippen LogP contribution >= 0.6 is 0 Å². The van der Waals surface area contributed by atoms with E-state index in [1.54, 1.807) is 4.90 Å². The van der Waals surface area contributed by atoms with Crippen molar-refractivity contribution in [3.05, 3.63) is 341 Å². The van der Waals surface area contributed by atoms with E-state index in [-0.39, 0.29) is 5.69 Å². The fourth-order valence-corrected chi connectivity index (χ4v) is 13.7. The summed E-state index contributed by atoms with van der Waals surface area (Å²) in [4.78, 5) is 1.72. The summed E-state index contributed by atoms with van der Waals surface area (Å²) >= 11 is 0. The Bertz CT molecular complexity index is 5450. The summed E-state index contributed by atoms with van der Waals surface area (Å²) in [6, 6.07) is 45.8. The normalized spacial score (nSPS) is 17.1. The zero-order valence-electron chi connectivity index (χ0n) is 60.8. The zero-order chi connectivity index (χ0) is 68.3. The summed E-state index contributed by atoms with van der Waals surface area (Å²) < 4.78 is 179. The Morgan fingerprint density at radius 1 is 0.253 bits per heavy atom. The topological polar surface area (TPSA) is 3.24 Å². The molecule has 4 aliphatic carbocycles. The Morgan fingerprint density at radius 2 is 0.620 bits per heavy atom. The van der Waals surface area contributed by atoms with Gasteiger partial charge in [0.2, 0.25) is 0 Å². The van der Waals surface area contributed by atoms with Gasteiger partial charge in [-0.2, -0.15) is 0 Å². The molecule has 13 aromatic carbocycles. The van der Waals surface area contributed by atoms with Gasteiger partial charge in [0.15, 0.2) is 0 Å². The number of anilines is 3. The molecule has 0 atom stereocenters. The molecule has 0 fully saturated rings. The van der Waals surface area contributed by atoms with E-state index in [0.29, 0.717) is 11.4 Å². The summed E-state index contributed by atoms with van der Waals surface area (Å²) in [6.07, 6.45) is 0. The van der Waals surface area contributed by atoms with Crippen molar-refractivity contribution in [3.63, 3.8) is 0 Å². The van der Waals surface area contributed by atoms with Gasteiger partial charge >= 0.3 is 0 Å². The Labute approximate surface area is 487 Å². The quantitative estimate of drug-likeness (QED) is 0.160. The monoisotopic (exact) mass is 1020 g/mol. The van der Waals surface area contributed by atoms with Crippen LogP contribution < -0.4 is 4.90 Å². The molecular weight excluding hydrogens is 951 g/mol. The first-order valence-electron chi connectivity index (χ1n) is 35.6. The second kappa shape index (κ2) is 16.7. The molecule has 17 rings (SSSR count). The van der Waals surface area contributed by atoms with Crippen LogP contribution in [0.4, 0.5) is 17.1 Å². The minimum atomic E-state index is -0.981. The molecule has 0 saturated carbocycles. The highest BCUT2D eigenvalue weighted by Gasteiger charge is 2.53. The third-order valence-corrected chi connectivity index (χ3v) is 16.7. The van der Waals surface area contributed by atoms with E-state index in [1.807, 2.05) is 97.1 Å². The molecular formula is C78H49N. The van der Waals surface area contributed by atoms with Crippen LogP contribution in [0.15, 0.2) is 297 Å². The third-order valence-electron chi connectivity index (χ3n) is 16.7. The molecule has 0 amide bonds. The molecule has 1 heteroatoms. The van der Waals surface area contributed by atoms with Crippen molar-refractivity contribution in [2.24, 2.45) is 0 Å². The molecule has 0 aliphatic heterocycles. The molecule has 0 unspecified atom stereocenters. The Hall–Kier alpha value is -10.1. The summed E-state index contributed by atoms with van der Waals surface area (Å²) in [5, 5.41) is -1.19. The summed E-state index contributed by atoms with van der Waals surface area (Å²) in [6.45, 7) is 0. The van der Waals surface area contributed by atoms with Crippen LogP contribution in [-0.4, -0.2) is 0 Å². The van der Waals surface area contributed by atoms with Gasteiger partial charge < -0.3 is 4.90 Å². The van der Waals surface area contributed by atoms with E-state index in [0.717, 1.165) is 89.0 Å². The van der Waals surface area contributed by atoms with Gasteiger partial charge in [0.25, 0.3) is 0 Å². The minimum Gasteiger partial charge on any atom is -0.310 e. The molecule has 0 radical (unpaired) electrons. The minimum absolute atomic E-state index is 0.258. The van der Waals surface area contributed by atoms with E-state index >= 15 is 0 Å². The SMILES string of the molecule is [2H]c1c([2H])c([2H])c(-c2c([2H])c([2H])c(-c3c(-c4c([2H])c([2H])c(N(c5ccc6c(c5)C5(c7ccccc7-c7ccccc75)c5ccccc5-6)c5ccc6c(c5)C5(c7ccccc7-c7ccccc75)c5ccccc5-6)c([2H])c4[2H])c([2H])c([2H])c4c([2H])c([2H])c([2H])c([2H])c34)c([2H])c2[2H])c([2H])c1[2H]. The van der Waals surface area contributed by atoms with Crippen molar-refractivity contribution in [1.29, 1.82) is 0 Å². The maximum Gasteiger partial charge on any atom is 0.0726 e. The second-order valence-corrected chi connectivity index (χ2v) is 20.3. The van der Waals surface area contributed by atoms with Crippen LogP contribution in [-0.2, 0) is 10.8 Å². The van der Waals surface area contributed by atoms with E-state index in [2.05, 4.69) is 84.9 Å². The maximum atomic E-state index is 10.6. The molecule has 366 valence electrons. The van der Waals surface area contributed by atoms with Gasteiger partial charge in [-0.3, -0.25) is 0 Å². The fraction of sp³-hybridized carbons (Fsp3) is 0.0256. The van der Waals surface area contributed by atoms with Gasteiger partial charge in [-0.15, -0.1) is 0 Å². The number of hydrogen-bond donors (Lipinski definition) is 0. The molecule has 4 aliphatic rings. The number of rotatable bonds is 6. The molecule has 0 saturated heterocycles. The van der Waals surface area contributed by atoms with E-state index in [4.69, 9.17) is 11.0 Å². The molecule has 0 N–H and O–H groups in total. The first-order chi connectivity index (χ1) is 47.1. The molecule has 79 heavy (non-hydrogen) atoms. The highest BCUT2D eigenvalue weighted by Crippen LogP contribution is 2.65. The lowest BCUT2D eigenvalue weighted by atomic mass is 9.70. The van der Waals surface area contributed by atoms with Crippen LogP contribution in [0.5, 0.6) is 0 Å². The number of benzene rings is 13. The van der Waals surface area contributed by atoms with Gasteiger partial charge in [-0.1, -0.05) is 260 Å². The predicted octanol–water partition coefficient (Wildman–Crippen LogP) is 20.0. The van der Waals surface area contributed by atoms with Crippen molar-refractivity contribution in [2.45, 2.75) is 10.8 Å². The standard InChI is InChI=1S/C78H49N/c1-2-18-50(19-3-1)51-34-36-54(37-35-51)76-58-21-5-4-20-52(58)40-45-59(76)53-38-41-55(42-39-53)79(56-43-46-66-64-26-10-16-32-72(64)77(74(66)48-56)68-28-12-6-22-60(68)61-23-7-13-29-69(61)77)57-44-47-67-65-27-11-17-33-73(65)78(75(67)49-57)70-30-14-8-24-62(70)63-25-9-15-31-71(63)78/h1-49H/i1D,2D,3D,4D,5D,18D,19D,20D,21D,34D,35D,36D,37D,38D,39D,40D,41D,42D,45D. The highest BCUT2D eigenvalue weighted by molar-refractivity contribution is 6.05. The molecule has 0 aromatic heterocycles. The molecule has 0 heterocycles. The van der Waals surface area contributed by atoms with Gasteiger partial charge in [-0.25, -0.2) is 0 Å². The summed E-state index contributed by atoms with van der Waals surface area (Å²) in [7, 11) is 0. The van der Waals surface area contributed by atoms with Crippen LogP contribution in [0.2, 0.25) is 0 Å². The molecule has 2 spiro atoms. The highest BCUT2D eigenvalue weighted by atomic mass is 15.1. The average molecular weight is 1020 g/mol. The van der Waals surface area contributed by atoms with Crippen LogP contribution in [0, 0.1) is 0 Å². The fourth-order valence-electron chi connectivity index (χ4n) is 13.7. The smallest absolute Gasteiger partial charge is 0.0726 e. The van der Waals surface area contributed by atoms with E-state index in [1.165, 1.54) is 0 Å². The van der Waals surface area contributed by atoms with E-state index < -0.39 is 170 Å². The summed E-state index contributed by atoms with van der Waals surface area (Å²) in [5.41, 5.74) is 10.8. The third kappa shape index (κ3) is 5.99. The number of fused-ring (bicyclic) bond motifs is 21. The molecule has 0 bridgehead atoms. The molecule has 13 aromatic rings. The Kier molecular flexibility index (Phi) is 6.23. The Balaban J connectivity index is 0.973. The lowest BCUT2D eigenvalue weighted by Gasteiger charge is -2.33. The first kappa shape index (κ1) is 29.4. The second-order valence-electron chi connectivity index (χ2n) is 20.3. The van der Waals surface area contributed by atoms with Crippen molar-refractivity contribution < 1.29 is 26.0 Å². The van der Waals surface area contributed by atoms with Crippen LogP contribution in [0.3, 0.4) is 0 Å². The van der Waals surface area contributed by atoms with E-state index in [9.17, 15) is 15.1 Å². The van der Waals surface area contributed by atoms with Gasteiger partial charge in [0.05, 0.1) is 36.9 Å². The zero-order valence-corrected chi connectivity index (χ0v) is 41.8. The van der Waals surface area contributed by atoms with Crippen molar-refractivity contribution in [2.75, 3.05) is 4.90 Å². The first-order valence-corrected chi connectivity index (χ1v) is 26.1. The van der Waals surface area contributed by atoms with Crippen molar-refractivity contribution >= 4 is 27.8 Å². The lowest BCUT2D eigenvalue weighted by molar-refractivity contribution is 0.792. The average Bonchev–Trinajstić information content (AvgIpc) is 1.49. The van der Waals surface area contributed by atoms with Gasteiger partial charge in [0, 0.05) is 17.1 Å². The maximum absolute atomic E-state index is 10.6. The van der Waals surface area contributed by atoms with Gasteiger partial charge in [-0.05, 0) is 170 Å². The largest absolute Gasteiger partial charge is 0.310 e. The van der Waals surface area contributed by atoms with Gasteiger partial charge in [0.1, 0.15) is 0 Å². The lowest BCUT2D eigenvalue weighted by Crippen LogP contribution is -2.26. The number of nitrogens with zero attached hydrogens (tertiary/aromatic N) is 1. The van der Waals surface area contributed by atoms with Crippen molar-refractivity contribution in [3.8, 4) is 77.9 Å². The van der Waals surface area contributed by atoms with Crippen LogP contribution in [0.25, 0.3) is 88.7 Å². The van der Waals surface area contributed by atoms with Crippen molar-refractivity contribution in [1.82, 2.24) is 0 Å². The van der Waals surface area contributed by atoms with Crippen LogP contribution in [0.1, 0.15) is 70.6 Å². The molecule has 1 nitrogen and oxygen atoms in total. The predicted molar refractivity (Wildman–Crippen MR) is 328 cm³/mol. The number of hydrogen-bond acceptors (Lipinski definition) is 1. The summed E-state index contributed by atoms with van der Waals surface area (Å²) in [5.74, 6) is 0.